The fraction of sp³-hybridized carbons (Fsp3) is 0.357. The van der Waals surface area contributed by atoms with Crippen molar-refractivity contribution >= 4 is 35.1 Å². The Kier molecular flexibility index (Phi) is 4.47. The quantitative estimate of drug-likeness (QED) is 0.894. The van der Waals surface area contributed by atoms with Gasteiger partial charge in [0.15, 0.2) is 0 Å². The molecule has 1 aromatic rings. The number of halogens is 1. The van der Waals surface area contributed by atoms with E-state index in [9.17, 15) is 14.4 Å². The van der Waals surface area contributed by atoms with Crippen molar-refractivity contribution in [1.29, 1.82) is 0 Å². The van der Waals surface area contributed by atoms with Gasteiger partial charge in [-0.3, -0.25) is 9.59 Å². The molecule has 0 aliphatic carbocycles. The van der Waals surface area contributed by atoms with Crippen LogP contribution in [0.15, 0.2) is 18.2 Å². The molecule has 1 aliphatic heterocycles. The lowest BCUT2D eigenvalue weighted by atomic mass is 10.1. The Hall–Kier alpha value is -2.08. The van der Waals surface area contributed by atoms with E-state index in [0.717, 1.165) is 0 Å². The minimum Gasteiger partial charge on any atom is -0.480 e. The Labute approximate surface area is 126 Å². The smallest absolute Gasteiger partial charge is 0.326 e. The van der Waals surface area contributed by atoms with Crippen molar-refractivity contribution in [3.05, 3.63) is 28.8 Å². The van der Waals surface area contributed by atoms with E-state index in [-0.39, 0.29) is 16.5 Å². The Morgan fingerprint density at radius 2 is 2.10 bits per heavy atom. The maximum atomic E-state index is 12.5. The highest BCUT2D eigenvalue weighted by Crippen LogP contribution is 2.26. The number of amides is 2. The Bertz CT molecular complexity index is 603. The Morgan fingerprint density at radius 3 is 2.71 bits per heavy atom. The first-order valence-corrected chi connectivity index (χ1v) is 6.89. The minimum absolute atomic E-state index is 0.191. The molecule has 0 aromatic heterocycles. The molecule has 1 aliphatic rings. The molecule has 2 amide bonds. The third-order valence-electron chi connectivity index (χ3n) is 3.32. The summed E-state index contributed by atoms with van der Waals surface area (Å²) in [5.41, 5.74) is 0.636. The maximum absolute atomic E-state index is 12.5. The summed E-state index contributed by atoms with van der Waals surface area (Å²) in [6.45, 7) is 1.74. The van der Waals surface area contributed by atoms with E-state index in [1.165, 1.54) is 24.0 Å². The monoisotopic (exact) mass is 310 g/mol. The number of carboxylic acid groups (broad SMARTS) is 1. The number of nitrogens with zero attached hydrogens (tertiary/aromatic N) is 1. The summed E-state index contributed by atoms with van der Waals surface area (Å²) in [5, 5.41) is 11.9. The van der Waals surface area contributed by atoms with Crippen LogP contribution < -0.4 is 5.32 Å². The molecule has 0 bridgehead atoms. The topological polar surface area (TPSA) is 86.7 Å². The molecule has 1 unspecified atom stereocenters. The summed E-state index contributed by atoms with van der Waals surface area (Å²) in [6.07, 6.45) is 1.08. The number of rotatable bonds is 3. The van der Waals surface area contributed by atoms with Crippen molar-refractivity contribution in [2.75, 3.05) is 11.9 Å². The molecule has 2 rings (SSSR count). The SMILES string of the molecule is CC(=O)Nc1ccc(Cl)c(C(=O)N2CCCC2C(=O)O)c1. The normalized spacial score (nSPS) is 17.6. The van der Waals surface area contributed by atoms with Gasteiger partial charge in [-0.1, -0.05) is 11.6 Å². The van der Waals surface area contributed by atoms with Gasteiger partial charge in [-0.05, 0) is 31.0 Å². The molecule has 21 heavy (non-hydrogen) atoms. The van der Waals surface area contributed by atoms with Crippen molar-refractivity contribution in [3.63, 3.8) is 0 Å². The summed E-state index contributed by atoms with van der Waals surface area (Å²) in [5.74, 6) is -1.72. The number of carboxylic acids is 1. The van der Waals surface area contributed by atoms with Crippen LogP contribution in [0.5, 0.6) is 0 Å². The minimum atomic E-state index is -1.02. The molecular weight excluding hydrogens is 296 g/mol. The summed E-state index contributed by atoms with van der Waals surface area (Å²) in [4.78, 5) is 36.0. The van der Waals surface area contributed by atoms with Crippen molar-refractivity contribution in [2.24, 2.45) is 0 Å². The average molecular weight is 311 g/mol. The van der Waals surface area contributed by atoms with Crippen molar-refractivity contribution in [2.45, 2.75) is 25.8 Å². The van der Waals surface area contributed by atoms with E-state index in [1.54, 1.807) is 6.07 Å². The van der Waals surface area contributed by atoms with Gasteiger partial charge >= 0.3 is 5.97 Å². The maximum Gasteiger partial charge on any atom is 0.326 e. The molecule has 6 nitrogen and oxygen atoms in total. The third kappa shape index (κ3) is 3.33. The molecule has 0 saturated carbocycles. The fourth-order valence-corrected chi connectivity index (χ4v) is 2.59. The highest BCUT2D eigenvalue weighted by atomic mass is 35.5. The fourth-order valence-electron chi connectivity index (χ4n) is 2.39. The van der Waals surface area contributed by atoms with Gasteiger partial charge in [0.25, 0.3) is 5.91 Å². The zero-order valence-corrected chi connectivity index (χ0v) is 12.2. The first-order chi connectivity index (χ1) is 9.90. The van der Waals surface area contributed by atoms with Crippen LogP contribution in [0.3, 0.4) is 0 Å². The predicted molar refractivity (Wildman–Crippen MR) is 77.5 cm³/mol. The lowest BCUT2D eigenvalue weighted by molar-refractivity contribution is -0.141. The number of carbonyl (C=O) groups excluding carboxylic acids is 2. The van der Waals surface area contributed by atoms with Crippen LogP contribution in [-0.4, -0.2) is 40.4 Å². The van der Waals surface area contributed by atoms with Crippen LogP contribution in [0, 0.1) is 0 Å². The number of benzene rings is 1. The van der Waals surface area contributed by atoms with Gasteiger partial charge in [0.05, 0.1) is 10.6 Å². The molecule has 0 radical (unpaired) electrons. The van der Waals surface area contributed by atoms with Crippen LogP contribution >= 0.6 is 11.6 Å². The summed E-state index contributed by atoms with van der Waals surface area (Å²) < 4.78 is 0. The van der Waals surface area contributed by atoms with E-state index in [0.29, 0.717) is 25.1 Å². The first kappa shape index (κ1) is 15.3. The van der Waals surface area contributed by atoms with Gasteiger partial charge in [-0.15, -0.1) is 0 Å². The number of carbonyl (C=O) groups is 3. The Balaban J connectivity index is 2.29. The molecule has 2 N–H and O–H groups in total. The Morgan fingerprint density at radius 1 is 1.38 bits per heavy atom. The van der Waals surface area contributed by atoms with E-state index < -0.39 is 17.9 Å². The molecule has 1 aromatic carbocycles. The highest BCUT2D eigenvalue weighted by Gasteiger charge is 2.35. The van der Waals surface area contributed by atoms with E-state index >= 15 is 0 Å². The second-order valence-corrected chi connectivity index (χ2v) is 5.28. The van der Waals surface area contributed by atoms with Crippen LogP contribution in [0.25, 0.3) is 0 Å². The second kappa shape index (κ2) is 6.13. The zero-order valence-electron chi connectivity index (χ0n) is 11.4. The predicted octanol–water partition coefficient (Wildman–Crippen LogP) is 1.99. The summed E-state index contributed by atoms with van der Waals surface area (Å²) >= 11 is 6.03. The molecule has 7 heteroatoms. The number of nitrogens with one attached hydrogen (secondary N) is 1. The molecule has 1 atom stereocenters. The van der Waals surface area contributed by atoms with E-state index in [4.69, 9.17) is 16.7 Å². The van der Waals surface area contributed by atoms with Crippen LogP contribution in [0.1, 0.15) is 30.1 Å². The highest BCUT2D eigenvalue weighted by molar-refractivity contribution is 6.34. The average Bonchev–Trinajstić information content (AvgIpc) is 2.89. The van der Waals surface area contributed by atoms with Crippen LogP contribution in [-0.2, 0) is 9.59 Å². The molecule has 1 saturated heterocycles. The summed E-state index contributed by atoms with van der Waals surface area (Å²) in [6, 6.07) is 3.73. The molecule has 1 fully saturated rings. The van der Waals surface area contributed by atoms with Crippen molar-refractivity contribution in [3.8, 4) is 0 Å². The molecule has 112 valence electrons. The van der Waals surface area contributed by atoms with Gasteiger partial charge in [-0.2, -0.15) is 0 Å². The van der Waals surface area contributed by atoms with Gasteiger partial charge in [-0.25, -0.2) is 4.79 Å². The van der Waals surface area contributed by atoms with Crippen molar-refractivity contribution in [1.82, 2.24) is 4.90 Å². The zero-order chi connectivity index (χ0) is 15.6. The number of anilines is 1. The molecule has 1 heterocycles. The lowest BCUT2D eigenvalue weighted by Crippen LogP contribution is -2.40. The lowest BCUT2D eigenvalue weighted by Gasteiger charge is -2.22. The number of hydrogen-bond acceptors (Lipinski definition) is 3. The number of hydrogen-bond donors (Lipinski definition) is 2. The number of aliphatic carboxylic acids is 1. The number of likely N-dealkylation sites (tertiary alicyclic amines) is 1. The largest absolute Gasteiger partial charge is 0.480 e. The first-order valence-electron chi connectivity index (χ1n) is 6.51. The van der Waals surface area contributed by atoms with Crippen LogP contribution in [0.2, 0.25) is 5.02 Å². The van der Waals surface area contributed by atoms with E-state index in [2.05, 4.69) is 5.32 Å². The third-order valence-corrected chi connectivity index (χ3v) is 3.65. The molecule has 0 spiro atoms. The van der Waals surface area contributed by atoms with Gasteiger partial charge < -0.3 is 15.3 Å². The van der Waals surface area contributed by atoms with Gasteiger partial charge in [0.1, 0.15) is 6.04 Å². The van der Waals surface area contributed by atoms with E-state index in [1.807, 2.05) is 0 Å². The standard InChI is InChI=1S/C14H15ClN2O4/c1-8(18)16-9-4-5-11(15)10(7-9)13(19)17-6-2-3-12(17)14(20)21/h4-5,7,12H,2-3,6H2,1H3,(H,16,18)(H,20,21). The van der Waals surface area contributed by atoms with Gasteiger partial charge in [0.2, 0.25) is 5.91 Å². The van der Waals surface area contributed by atoms with Gasteiger partial charge in [0, 0.05) is 19.2 Å². The molecular formula is C14H15ClN2O4. The van der Waals surface area contributed by atoms with Crippen LogP contribution in [0.4, 0.5) is 5.69 Å². The summed E-state index contributed by atoms with van der Waals surface area (Å²) in [7, 11) is 0. The second-order valence-electron chi connectivity index (χ2n) is 4.87. The van der Waals surface area contributed by atoms with Crippen molar-refractivity contribution < 1.29 is 19.5 Å².